The lowest BCUT2D eigenvalue weighted by molar-refractivity contribution is 1.47. The molecule has 0 aliphatic heterocycles. The molecule has 0 saturated carbocycles. The van der Waals surface area contributed by atoms with Crippen LogP contribution in [-0.4, -0.2) is 0 Å². The molecule has 0 atom stereocenters. The minimum Gasteiger partial charge on any atom is -0.0505 e. The van der Waals surface area contributed by atoms with Gasteiger partial charge in [-0.25, -0.2) is 0 Å². The molecular weight excluding hydrogens is 324 g/mol. The van der Waals surface area contributed by atoms with Gasteiger partial charge in [0, 0.05) is 20.3 Å². The normalized spacial score (nSPS) is 10.0. The Morgan fingerprint density at radius 2 is 1.50 bits per heavy atom. The summed E-state index contributed by atoms with van der Waals surface area (Å²) in [6, 6.07) is 3.81. The molecule has 0 N–H and O–H groups in total. The summed E-state index contributed by atoms with van der Waals surface area (Å²) in [5.41, 5.74) is 0.717. The summed E-state index contributed by atoms with van der Waals surface area (Å²) in [4.78, 5) is 0. The van der Waals surface area contributed by atoms with Gasteiger partial charge in [-0.3, -0.25) is 0 Å². The summed E-state index contributed by atoms with van der Waals surface area (Å²) in [5.74, 6) is 0. The summed E-state index contributed by atoms with van der Waals surface area (Å²) >= 11 is 9.96. The molecule has 0 aliphatic carbocycles. The molecule has 0 fully saturated rings. The molecule has 1 rings (SSSR count). The molecule has 0 aromatic heterocycles. The lowest BCUT2D eigenvalue weighted by Gasteiger charge is -2.01. The van der Waals surface area contributed by atoms with Crippen molar-refractivity contribution in [3.8, 4) is 0 Å². The maximum atomic E-state index is 5.66. The van der Waals surface area contributed by atoms with Crippen molar-refractivity contribution in [3.63, 3.8) is 0 Å². The van der Waals surface area contributed by atoms with Crippen LogP contribution in [0, 0.1) is 6.92 Å². The fraction of sp³-hybridized carbons (Fsp3) is 0. The Labute approximate surface area is 85.4 Å². The minimum atomic E-state index is 0.717. The van der Waals surface area contributed by atoms with Gasteiger partial charge in [-0.1, -0.05) is 15.9 Å². The third-order valence-corrected chi connectivity index (χ3v) is 3.82. The molecule has 0 bridgehead atoms. The quantitative estimate of drug-likeness (QED) is 0.631. The zero-order valence-corrected chi connectivity index (χ0v) is 9.62. The average Bonchev–Trinajstić information content (AvgIpc) is 1.93. The molecule has 0 unspecified atom stereocenters. The van der Waals surface area contributed by atoms with Crippen LogP contribution in [0.3, 0.4) is 0 Å². The zero-order chi connectivity index (χ0) is 7.72. The molecule has 1 aromatic carbocycles. The first-order valence-corrected chi connectivity index (χ1v) is 4.90. The predicted octanol–water partition coefficient (Wildman–Crippen LogP) is 4.03. The smallest absolute Gasteiger partial charge is 0.0364 e. The molecular formula is C7H3Br3. The maximum absolute atomic E-state index is 5.66. The number of halogens is 3. The van der Waals surface area contributed by atoms with E-state index >= 15 is 0 Å². The van der Waals surface area contributed by atoms with E-state index in [1.54, 1.807) is 0 Å². The Morgan fingerprint density at radius 1 is 1.00 bits per heavy atom. The second kappa shape index (κ2) is 3.37. The second-order valence-corrected chi connectivity index (χ2v) is 4.26. The van der Waals surface area contributed by atoms with E-state index in [1.807, 2.05) is 12.1 Å². The number of hydrogen-bond donors (Lipinski definition) is 0. The van der Waals surface area contributed by atoms with E-state index in [9.17, 15) is 0 Å². The van der Waals surface area contributed by atoms with Gasteiger partial charge in [0.25, 0.3) is 0 Å². The van der Waals surface area contributed by atoms with Crippen LogP contribution in [-0.2, 0) is 0 Å². The molecule has 3 heteroatoms. The molecule has 2 radical (unpaired) electrons. The summed E-state index contributed by atoms with van der Waals surface area (Å²) in [6.45, 7) is 5.66. The van der Waals surface area contributed by atoms with Gasteiger partial charge in [0.2, 0.25) is 0 Å². The Morgan fingerprint density at radius 3 is 2.00 bits per heavy atom. The van der Waals surface area contributed by atoms with Crippen LogP contribution in [0.25, 0.3) is 0 Å². The molecule has 0 aliphatic rings. The van der Waals surface area contributed by atoms with Gasteiger partial charge < -0.3 is 0 Å². The topological polar surface area (TPSA) is 0 Å². The van der Waals surface area contributed by atoms with E-state index in [2.05, 4.69) is 47.8 Å². The predicted molar refractivity (Wildman–Crippen MR) is 52.9 cm³/mol. The third-order valence-electron chi connectivity index (χ3n) is 1.08. The Hall–Kier alpha value is 0.660. The average molecular weight is 327 g/mol. The monoisotopic (exact) mass is 324 g/mol. The van der Waals surface area contributed by atoms with Crippen LogP contribution in [0.5, 0.6) is 0 Å². The molecule has 0 amide bonds. The number of hydrogen-bond acceptors (Lipinski definition) is 0. The maximum Gasteiger partial charge on any atom is 0.0364 e. The van der Waals surface area contributed by atoms with E-state index < -0.39 is 0 Å². The van der Waals surface area contributed by atoms with Gasteiger partial charge in [-0.15, -0.1) is 0 Å². The van der Waals surface area contributed by atoms with Crippen molar-refractivity contribution in [2.75, 3.05) is 0 Å². The molecule has 10 heavy (non-hydrogen) atoms. The van der Waals surface area contributed by atoms with Crippen molar-refractivity contribution < 1.29 is 0 Å². The first-order chi connectivity index (χ1) is 4.63. The van der Waals surface area contributed by atoms with Gasteiger partial charge >= 0.3 is 0 Å². The van der Waals surface area contributed by atoms with Crippen molar-refractivity contribution in [1.29, 1.82) is 0 Å². The number of rotatable bonds is 0. The largest absolute Gasteiger partial charge is 0.0505 e. The number of benzene rings is 1. The van der Waals surface area contributed by atoms with E-state index in [-0.39, 0.29) is 0 Å². The van der Waals surface area contributed by atoms with E-state index in [0.29, 0.717) is 0 Å². The van der Waals surface area contributed by atoms with Crippen molar-refractivity contribution in [3.05, 3.63) is 38.0 Å². The molecule has 1 aromatic rings. The summed E-state index contributed by atoms with van der Waals surface area (Å²) in [6.07, 6.45) is 0. The van der Waals surface area contributed by atoms with Crippen molar-refractivity contribution in [1.82, 2.24) is 0 Å². The molecule has 0 nitrogen and oxygen atoms in total. The fourth-order valence-electron chi connectivity index (χ4n) is 0.543. The lowest BCUT2D eigenvalue weighted by Crippen LogP contribution is -1.78. The summed E-state index contributed by atoms with van der Waals surface area (Å²) in [7, 11) is 0. The molecule has 0 heterocycles. The molecule has 0 saturated heterocycles. The van der Waals surface area contributed by atoms with Crippen LogP contribution in [0.4, 0.5) is 0 Å². The van der Waals surface area contributed by atoms with Crippen LogP contribution < -0.4 is 0 Å². The van der Waals surface area contributed by atoms with Crippen LogP contribution in [0.15, 0.2) is 25.6 Å². The van der Waals surface area contributed by atoms with Crippen LogP contribution >= 0.6 is 47.8 Å². The molecule has 0 spiro atoms. The van der Waals surface area contributed by atoms with Crippen molar-refractivity contribution in [2.45, 2.75) is 0 Å². The Balaban J connectivity index is 3.34. The van der Waals surface area contributed by atoms with Crippen LogP contribution in [0.1, 0.15) is 5.56 Å². The highest BCUT2D eigenvalue weighted by molar-refractivity contribution is 9.13. The van der Waals surface area contributed by atoms with E-state index in [0.717, 1.165) is 19.0 Å². The summed E-state index contributed by atoms with van der Waals surface area (Å²) < 4.78 is 2.76. The van der Waals surface area contributed by atoms with Gasteiger partial charge in [-0.05, 0) is 49.6 Å². The molecule has 52 valence electrons. The standard InChI is InChI=1S/C7H3Br3/c1-4-5(8)2-3-6(9)7(4)10/h1-3H. The van der Waals surface area contributed by atoms with Crippen molar-refractivity contribution in [2.24, 2.45) is 0 Å². The lowest BCUT2D eigenvalue weighted by atomic mass is 10.2. The highest BCUT2D eigenvalue weighted by Crippen LogP contribution is 2.30. The van der Waals surface area contributed by atoms with E-state index in [4.69, 9.17) is 6.92 Å². The Kier molecular flexibility index (Phi) is 2.95. The van der Waals surface area contributed by atoms with Gasteiger partial charge in [-0.2, -0.15) is 0 Å². The van der Waals surface area contributed by atoms with Crippen molar-refractivity contribution >= 4 is 47.8 Å². The highest BCUT2D eigenvalue weighted by Gasteiger charge is 2.02. The Bertz CT molecular complexity index is 228. The SMILES string of the molecule is [CH]c1c(Br)ccc(Br)c1Br. The first-order valence-electron chi connectivity index (χ1n) is 2.52. The zero-order valence-electron chi connectivity index (χ0n) is 4.87. The van der Waals surface area contributed by atoms with Crippen LogP contribution in [0.2, 0.25) is 0 Å². The highest BCUT2D eigenvalue weighted by atomic mass is 79.9. The van der Waals surface area contributed by atoms with E-state index in [1.165, 1.54) is 0 Å². The third kappa shape index (κ3) is 1.63. The minimum absolute atomic E-state index is 0.717. The second-order valence-electron chi connectivity index (χ2n) is 1.76. The van der Waals surface area contributed by atoms with Gasteiger partial charge in [0.05, 0.1) is 0 Å². The fourth-order valence-corrected chi connectivity index (χ4v) is 1.83. The van der Waals surface area contributed by atoms with Gasteiger partial charge in [0.1, 0.15) is 0 Å². The van der Waals surface area contributed by atoms with Gasteiger partial charge in [0.15, 0.2) is 0 Å². The summed E-state index contributed by atoms with van der Waals surface area (Å²) in [5, 5.41) is 0. The first kappa shape index (κ1) is 8.75.